The van der Waals surface area contributed by atoms with Crippen molar-refractivity contribution in [3.8, 4) is 0 Å². The summed E-state index contributed by atoms with van der Waals surface area (Å²) in [4.78, 5) is 24.5. The number of hydrogen-bond acceptors (Lipinski definition) is 3. The molecule has 0 bridgehead atoms. The Balaban J connectivity index is 1.70. The average molecular weight is 538 g/mol. The lowest BCUT2D eigenvalue weighted by Crippen LogP contribution is -2.50. The van der Waals surface area contributed by atoms with Crippen molar-refractivity contribution < 1.29 is 40.1 Å². The van der Waals surface area contributed by atoms with Gasteiger partial charge in [0, 0.05) is 28.7 Å². The summed E-state index contributed by atoms with van der Waals surface area (Å²) in [5.74, 6) is -3.15. The van der Waals surface area contributed by atoms with Crippen molar-refractivity contribution in [2.24, 2.45) is 0 Å². The fourth-order valence-electron chi connectivity index (χ4n) is 3.38. The van der Waals surface area contributed by atoms with Crippen molar-refractivity contribution in [3.05, 3.63) is 75.8 Å². The zero-order valence-electron chi connectivity index (χ0n) is 17.8. The van der Waals surface area contributed by atoms with Gasteiger partial charge in [-0.2, -0.15) is 26.3 Å². The molecule has 0 aromatic heterocycles. The van der Waals surface area contributed by atoms with Gasteiger partial charge in [-0.3, -0.25) is 13.8 Å². The fourth-order valence-corrected chi connectivity index (χ4v) is 4.62. The van der Waals surface area contributed by atoms with Crippen LogP contribution in [0.4, 0.5) is 26.3 Å². The second-order valence-corrected chi connectivity index (χ2v) is 9.86. The molecule has 0 saturated carbocycles. The number of nitrogens with one attached hydrogen (secondary N) is 1. The first-order valence-corrected chi connectivity index (χ1v) is 12.0. The molecular weight excluding hydrogens is 520 g/mol. The Hall–Kier alpha value is -2.66. The van der Waals surface area contributed by atoms with E-state index in [1.807, 2.05) is 0 Å². The van der Waals surface area contributed by atoms with E-state index in [0.717, 1.165) is 18.2 Å². The first kappa shape index (κ1) is 26.9. The Morgan fingerprint density at radius 1 is 1.09 bits per heavy atom. The molecule has 1 aliphatic heterocycles. The predicted octanol–water partition coefficient (Wildman–Crippen LogP) is 5.54. The van der Waals surface area contributed by atoms with Crippen LogP contribution in [0.3, 0.4) is 0 Å². The molecule has 1 saturated heterocycles. The Morgan fingerprint density at radius 2 is 1.77 bits per heavy atom. The number of alkyl halides is 6. The molecule has 1 fully saturated rings. The maximum absolute atomic E-state index is 13.5. The maximum Gasteiger partial charge on any atom is 0.416 e. The minimum absolute atomic E-state index is 0.0367. The van der Waals surface area contributed by atoms with Crippen LogP contribution in [0.25, 0.3) is 6.08 Å². The zero-order valence-corrected chi connectivity index (χ0v) is 19.3. The number of amides is 1. The molecule has 2 aromatic carbocycles. The molecule has 1 N–H and O–H groups in total. The minimum atomic E-state index is -4.95. The van der Waals surface area contributed by atoms with E-state index in [9.17, 15) is 40.1 Å². The molecule has 2 aromatic rings. The highest BCUT2D eigenvalue weighted by Crippen LogP contribution is 2.40. The van der Waals surface area contributed by atoms with Crippen LogP contribution in [0.2, 0.25) is 5.02 Å². The van der Waals surface area contributed by atoms with Crippen LogP contribution in [-0.4, -0.2) is 39.6 Å². The second-order valence-electron chi connectivity index (χ2n) is 7.90. The smallest absolute Gasteiger partial charge is 0.347 e. The standard InChI is InChI=1S/C23H18ClF6NO3S/c24-20-8-13(5-7-18(20)21(33)31-16-11-35(34)12-16)4-6-17(32)10-19(23(28,29)30)14-2-1-3-15(9-14)22(25,26)27/h1-9,16,19H,10-12H2,(H,31,33)/b6-4+. The van der Waals surface area contributed by atoms with Crippen LogP contribution in [0.1, 0.15) is 39.4 Å². The fraction of sp³-hybridized carbons (Fsp3) is 0.304. The van der Waals surface area contributed by atoms with E-state index in [1.54, 1.807) is 0 Å². The molecule has 35 heavy (non-hydrogen) atoms. The number of ketones is 1. The van der Waals surface area contributed by atoms with Crippen LogP contribution >= 0.6 is 11.6 Å². The summed E-state index contributed by atoms with van der Waals surface area (Å²) in [6.45, 7) is 0. The molecule has 1 unspecified atom stereocenters. The molecule has 4 nitrogen and oxygen atoms in total. The van der Waals surface area contributed by atoms with Gasteiger partial charge < -0.3 is 5.32 Å². The topological polar surface area (TPSA) is 63.2 Å². The third kappa shape index (κ3) is 7.17. The summed E-state index contributed by atoms with van der Waals surface area (Å²) >= 11 is 6.11. The lowest BCUT2D eigenvalue weighted by atomic mass is 9.91. The first-order chi connectivity index (χ1) is 16.2. The van der Waals surface area contributed by atoms with Crippen molar-refractivity contribution in [1.82, 2.24) is 5.32 Å². The summed E-state index contributed by atoms with van der Waals surface area (Å²) in [5.41, 5.74) is -1.44. The van der Waals surface area contributed by atoms with E-state index in [-0.39, 0.29) is 16.6 Å². The Labute approximate surface area is 203 Å². The van der Waals surface area contributed by atoms with Crippen molar-refractivity contribution in [2.45, 2.75) is 30.7 Å². The van der Waals surface area contributed by atoms with E-state index in [1.165, 1.54) is 24.3 Å². The van der Waals surface area contributed by atoms with Crippen molar-refractivity contribution in [2.75, 3.05) is 11.5 Å². The number of hydrogen-bond donors (Lipinski definition) is 1. The van der Waals surface area contributed by atoms with Gasteiger partial charge in [0.05, 0.1) is 28.1 Å². The molecular formula is C23H18ClF6NO3S. The molecule has 12 heteroatoms. The normalized spacial score (nSPS) is 19.3. The number of allylic oxidation sites excluding steroid dienone is 1. The lowest BCUT2D eigenvalue weighted by Gasteiger charge is -2.25. The molecule has 188 valence electrons. The average Bonchev–Trinajstić information content (AvgIpc) is 2.73. The third-order valence-corrected chi connectivity index (χ3v) is 7.09. The highest BCUT2D eigenvalue weighted by molar-refractivity contribution is 7.86. The van der Waals surface area contributed by atoms with Crippen LogP contribution in [-0.2, 0) is 21.8 Å². The van der Waals surface area contributed by atoms with E-state index in [0.29, 0.717) is 29.2 Å². The molecule has 1 atom stereocenters. The number of halogens is 7. The predicted molar refractivity (Wildman–Crippen MR) is 119 cm³/mol. The van der Waals surface area contributed by atoms with Gasteiger partial charge in [0.15, 0.2) is 5.78 Å². The third-order valence-electron chi connectivity index (χ3n) is 5.23. The van der Waals surface area contributed by atoms with Gasteiger partial charge >= 0.3 is 12.4 Å². The molecule has 1 amide bonds. The van der Waals surface area contributed by atoms with Gasteiger partial charge in [-0.25, -0.2) is 0 Å². The first-order valence-electron chi connectivity index (χ1n) is 10.1. The Morgan fingerprint density at radius 3 is 2.34 bits per heavy atom. The molecule has 3 rings (SSSR count). The summed E-state index contributed by atoms with van der Waals surface area (Å²) in [5, 5.41) is 2.71. The van der Waals surface area contributed by atoms with Gasteiger partial charge in [-0.15, -0.1) is 0 Å². The van der Waals surface area contributed by atoms with Crippen LogP contribution in [0, 0.1) is 0 Å². The summed E-state index contributed by atoms with van der Waals surface area (Å²) in [7, 11) is -0.948. The van der Waals surface area contributed by atoms with Gasteiger partial charge in [0.1, 0.15) is 0 Å². The van der Waals surface area contributed by atoms with Crippen molar-refractivity contribution in [1.29, 1.82) is 0 Å². The van der Waals surface area contributed by atoms with Crippen molar-refractivity contribution in [3.63, 3.8) is 0 Å². The van der Waals surface area contributed by atoms with E-state index in [2.05, 4.69) is 5.32 Å². The number of rotatable bonds is 7. The lowest BCUT2D eigenvalue weighted by molar-refractivity contribution is -0.156. The molecule has 0 spiro atoms. The maximum atomic E-state index is 13.5. The quantitative estimate of drug-likeness (QED) is 0.373. The molecule has 0 radical (unpaired) electrons. The van der Waals surface area contributed by atoms with Gasteiger partial charge in [0.25, 0.3) is 5.91 Å². The van der Waals surface area contributed by atoms with Gasteiger partial charge in [-0.05, 0) is 35.4 Å². The van der Waals surface area contributed by atoms with Gasteiger partial charge in [-0.1, -0.05) is 41.9 Å². The second kappa shape index (κ2) is 10.5. The number of benzene rings is 2. The van der Waals surface area contributed by atoms with E-state index < -0.39 is 58.3 Å². The number of carbonyl (C=O) groups is 2. The Bertz CT molecular complexity index is 1170. The SMILES string of the molecule is O=C(/C=C/c1ccc(C(=O)NC2CS(=O)C2)c(Cl)c1)CC(c1cccc(C(F)(F)F)c1)C(F)(F)F. The minimum Gasteiger partial charge on any atom is -0.347 e. The summed E-state index contributed by atoms with van der Waals surface area (Å²) in [6.07, 6.45) is -8.78. The summed E-state index contributed by atoms with van der Waals surface area (Å²) < 4.78 is 90.4. The Kier molecular flexibility index (Phi) is 8.10. The monoisotopic (exact) mass is 537 g/mol. The van der Waals surface area contributed by atoms with E-state index >= 15 is 0 Å². The zero-order chi connectivity index (χ0) is 26.0. The van der Waals surface area contributed by atoms with Crippen LogP contribution in [0.5, 0.6) is 0 Å². The molecule has 1 heterocycles. The van der Waals surface area contributed by atoms with Crippen molar-refractivity contribution >= 4 is 40.2 Å². The molecule has 1 aliphatic rings. The highest BCUT2D eigenvalue weighted by atomic mass is 35.5. The summed E-state index contributed by atoms with van der Waals surface area (Å²) in [6, 6.07) is 6.73. The number of carbonyl (C=O) groups excluding carboxylic acids is 2. The highest BCUT2D eigenvalue weighted by Gasteiger charge is 2.42. The van der Waals surface area contributed by atoms with Crippen LogP contribution < -0.4 is 5.32 Å². The molecule has 0 aliphatic carbocycles. The van der Waals surface area contributed by atoms with E-state index in [4.69, 9.17) is 11.6 Å². The largest absolute Gasteiger partial charge is 0.416 e. The van der Waals surface area contributed by atoms with Gasteiger partial charge in [0.2, 0.25) is 0 Å². The van der Waals surface area contributed by atoms with Crippen LogP contribution in [0.15, 0.2) is 48.5 Å².